The van der Waals surface area contributed by atoms with Crippen LogP contribution in [0.5, 0.6) is 5.75 Å². The van der Waals surface area contributed by atoms with Crippen LogP contribution in [0.3, 0.4) is 0 Å². The van der Waals surface area contributed by atoms with Gasteiger partial charge in [0.25, 0.3) is 0 Å². The van der Waals surface area contributed by atoms with Crippen LogP contribution in [0, 0.1) is 0 Å². The number of ether oxygens (including phenoxy) is 1. The molecule has 1 saturated heterocycles. The van der Waals surface area contributed by atoms with Crippen LogP contribution >= 0.6 is 0 Å². The lowest BCUT2D eigenvalue weighted by Crippen LogP contribution is -2.48. The van der Waals surface area contributed by atoms with E-state index in [0.29, 0.717) is 12.0 Å². The molecule has 2 aliphatic rings. The Labute approximate surface area is 195 Å². The minimum absolute atomic E-state index is 0.438. The van der Waals surface area contributed by atoms with Crippen molar-refractivity contribution in [2.24, 2.45) is 0 Å². The average molecular weight is 436 g/mol. The first-order chi connectivity index (χ1) is 15.5. The number of piperazine rings is 1. The van der Waals surface area contributed by atoms with E-state index < -0.39 is 0 Å². The molecule has 0 saturated carbocycles. The van der Waals surface area contributed by atoms with Crippen molar-refractivity contribution in [3.8, 4) is 5.75 Å². The maximum Gasteiger partial charge on any atom is 0.118 e. The van der Waals surface area contributed by atoms with Crippen molar-refractivity contribution in [2.45, 2.75) is 51.6 Å². The lowest BCUT2D eigenvalue weighted by molar-refractivity contribution is 0.107. The summed E-state index contributed by atoms with van der Waals surface area (Å²) in [5.74, 6) is 1.36. The number of nitrogens with zero attached hydrogens (tertiary/aromatic N) is 3. The third-order valence-corrected chi connectivity index (χ3v) is 7.36. The van der Waals surface area contributed by atoms with Gasteiger partial charge in [0.2, 0.25) is 0 Å². The molecule has 32 heavy (non-hydrogen) atoms. The average Bonchev–Trinajstić information content (AvgIpc) is 2.81. The van der Waals surface area contributed by atoms with Gasteiger partial charge >= 0.3 is 0 Å². The highest BCUT2D eigenvalue weighted by atomic mass is 16.5. The van der Waals surface area contributed by atoms with Crippen LogP contribution < -0.4 is 4.74 Å². The summed E-state index contributed by atoms with van der Waals surface area (Å²) in [7, 11) is 3.97. The quantitative estimate of drug-likeness (QED) is 0.563. The number of aryl methyl sites for hydroxylation is 1. The molecule has 4 rings (SSSR count). The Kier molecular flexibility index (Phi) is 7.88. The zero-order chi connectivity index (χ0) is 22.5. The Bertz CT molecular complexity index is 855. The van der Waals surface area contributed by atoms with E-state index in [-0.39, 0.29) is 0 Å². The van der Waals surface area contributed by atoms with Gasteiger partial charge in [-0.3, -0.25) is 4.90 Å². The maximum atomic E-state index is 5.35. The van der Waals surface area contributed by atoms with Crippen molar-refractivity contribution in [2.75, 3.05) is 53.4 Å². The van der Waals surface area contributed by atoms with Crippen molar-refractivity contribution >= 4 is 0 Å². The predicted octanol–water partition coefficient (Wildman–Crippen LogP) is 4.62. The number of benzene rings is 2. The first kappa shape index (κ1) is 23.3. The second-order valence-electron chi connectivity index (χ2n) is 9.98. The number of hydrogen-bond donors (Lipinski definition) is 0. The second kappa shape index (κ2) is 10.8. The lowest BCUT2D eigenvalue weighted by atomic mass is 9.83. The maximum absolute atomic E-state index is 5.35. The molecule has 2 heterocycles. The summed E-state index contributed by atoms with van der Waals surface area (Å²) in [4.78, 5) is 7.71. The zero-order valence-electron chi connectivity index (χ0n) is 20.5. The summed E-state index contributed by atoms with van der Waals surface area (Å²) in [6.07, 6.45) is 3.77. The van der Waals surface area contributed by atoms with Crippen molar-refractivity contribution < 1.29 is 4.74 Å². The first-order valence-electron chi connectivity index (χ1n) is 12.4. The highest BCUT2D eigenvalue weighted by Gasteiger charge is 2.25. The molecule has 0 amide bonds. The summed E-state index contributed by atoms with van der Waals surface area (Å²) in [5.41, 5.74) is 5.88. The van der Waals surface area contributed by atoms with Crippen LogP contribution in [0.25, 0.3) is 0 Å². The van der Waals surface area contributed by atoms with Gasteiger partial charge in [-0.1, -0.05) is 30.3 Å². The largest absolute Gasteiger partial charge is 0.497 e. The summed E-state index contributed by atoms with van der Waals surface area (Å²) in [6.45, 7) is 12.9. The van der Waals surface area contributed by atoms with Crippen molar-refractivity contribution in [3.63, 3.8) is 0 Å². The van der Waals surface area contributed by atoms with Crippen LogP contribution in [0.4, 0.5) is 0 Å². The Hall–Kier alpha value is -1.88. The van der Waals surface area contributed by atoms with Gasteiger partial charge in [0.05, 0.1) is 7.11 Å². The molecule has 0 aliphatic carbocycles. The Morgan fingerprint density at radius 3 is 2.41 bits per heavy atom. The SMILES string of the molecule is COc1ccc(C2CN(C)Cc3cc(CCCCN4CCN(C(C)C)CC4)ccc32)cc1. The third kappa shape index (κ3) is 5.72. The van der Waals surface area contributed by atoms with Crippen LogP contribution in [-0.2, 0) is 13.0 Å². The number of methoxy groups -OCH3 is 1. The fourth-order valence-electron chi connectivity index (χ4n) is 5.35. The molecular formula is C28H41N3O. The van der Waals surface area contributed by atoms with Crippen LogP contribution in [0.2, 0.25) is 0 Å². The van der Waals surface area contributed by atoms with E-state index in [1.807, 2.05) is 0 Å². The first-order valence-corrected chi connectivity index (χ1v) is 12.4. The molecule has 0 bridgehead atoms. The smallest absolute Gasteiger partial charge is 0.118 e. The number of rotatable bonds is 8. The van der Waals surface area contributed by atoms with Crippen LogP contribution in [-0.4, -0.2) is 74.2 Å². The molecular weight excluding hydrogens is 394 g/mol. The van der Waals surface area contributed by atoms with E-state index in [0.717, 1.165) is 18.8 Å². The van der Waals surface area contributed by atoms with Crippen LogP contribution in [0.15, 0.2) is 42.5 Å². The Morgan fingerprint density at radius 2 is 1.72 bits per heavy atom. The standard InChI is InChI=1S/C28H41N3O/c1-22(2)31-17-15-30(16-18-31)14-6-5-7-23-8-13-27-25(19-23)20-29(3)21-28(27)24-9-11-26(32-4)12-10-24/h8-13,19,22,28H,5-7,14-18,20-21H2,1-4H3. The normalized spacial score (nSPS) is 20.5. The molecule has 1 fully saturated rings. The molecule has 174 valence electrons. The van der Waals surface area contributed by atoms with Crippen molar-refractivity contribution in [1.82, 2.24) is 14.7 Å². The summed E-state index contributed by atoms with van der Waals surface area (Å²) in [6, 6.07) is 16.6. The van der Waals surface area contributed by atoms with Crippen molar-refractivity contribution in [3.05, 3.63) is 64.7 Å². The highest BCUT2D eigenvalue weighted by Crippen LogP contribution is 2.34. The molecule has 1 unspecified atom stereocenters. The molecule has 2 aliphatic heterocycles. The monoisotopic (exact) mass is 435 g/mol. The fourth-order valence-corrected chi connectivity index (χ4v) is 5.35. The molecule has 4 heteroatoms. The summed E-state index contributed by atoms with van der Waals surface area (Å²) >= 11 is 0. The molecule has 2 aromatic rings. The Morgan fingerprint density at radius 1 is 0.969 bits per heavy atom. The van der Waals surface area contributed by atoms with Gasteiger partial charge in [-0.2, -0.15) is 0 Å². The third-order valence-electron chi connectivity index (χ3n) is 7.36. The second-order valence-corrected chi connectivity index (χ2v) is 9.98. The van der Waals surface area contributed by atoms with Gasteiger partial charge in [-0.05, 0) is 81.1 Å². The van der Waals surface area contributed by atoms with Gasteiger partial charge in [-0.15, -0.1) is 0 Å². The summed E-state index contributed by atoms with van der Waals surface area (Å²) in [5, 5.41) is 0. The molecule has 0 spiro atoms. The number of fused-ring (bicyclic) bond motifs is 1. The topological polar surface area (TPSA) is 19.0 Å². The van der Waals surface area contributed by atoms with E-state index in [9.17, 15) is 0 Å². The molecule has 0 aromatic heterocycles. The molecule has 1 atom stereocenters. The van der Waals surface area contributed by atoms with E-state index in [4.69, 9.17) is 4.74 Å². The zero-order valence-corrected chi connectivity index (χ0v) is 20.5. The van der Waals surface area contributed by atoms with Gasteiger partial charge in [-0.25, -0.2) is 0 Å². The van der Waals surface area contributed by atoms with Gasteiger partial charge in [0.15, 0.2) is 0 Å². The van der Waals surface area contributed by atoms with E-state index >= 15 is 0 Å². The number of hydrogen-bond acceptors (Lipinski definition) is 4. The Balaban J connectivity index is 1.31. The molecule has 4 nitrogen and oxygen atoms in total. The predicted molar refractivity (Wildman–Crippen MR) is 134 cm³/mol. The van der Waals surface area contributed by atoms with Crippen molar-refractivity contribution in [1.29, 1.82) is 0 Å². The van der Waals surface area contributed by atoms with E-state index in [1.165, 1.54) is 74.2 Å². The minimum atomic E-state index is 0.438. The molecule has 0 radical (unpaired) electrons. The number of unbranched alkanes of at least 4 members (excludes halogenated alkanes) is 1. The van der Waals surface area contributed by atoms with Gasteiger partial charge in [0.1, 0.15) is 5.75 Å². The molecule has 0 N–H and O–H groups in total. The molecule has 2 aromatic carbocycles. The van der Waals surface area contributed by atoms with Gasteiger partial charge in [0, 0.05) is 51.2 Å². The van der Waals surface area contributed by atoms with E-state index in [1.54, 1.807) is 7.11 Å². The van der Waals surface area contributed by atoms with Gasteiger partial charge < -0.3 is 14.5 Å². The fraction of sp³-hybridized carbons (Fsp3) is 0.571. The van der Waals surface area contributed by atoms with E-state index in [2.05, 4.69) is 78.1 Å². The highest BCUT2D eigenvalue weighted by molar-refractivity contribution is 5.43. The lowest BCUT2D eigenvalue weighted by Gasteiger charge is -2.36. The van der Waals surface area contributed by atoms with Crippen LogP contribution in [0.1, 0.15) is 54.9 Å². The summed E-state index contributed by atoms with van der Waals surface area (Å²) < 4.78 is 5.35. The minimum Gasteiger partial charge on any atom is -0.497 e. The number of likely N-dealkylation sites (N-methyl/N-ethyl adjacent to an activating group) is 1.